The van der Waals surface area contributed by atoms with Gasteiger partial charge in [0.1, 0.15) is 0 Å². The number of ether oxygens (including phenoxy) is 1. The zero-order chi connectivity index (χ0) is 15.9. The van der Waals surface area contributed by atoms with Crippen molar-refractivity contribution < 1.29 is 9.53 Å². The van der Waals surface area contributed by atoms with Crippen molar-refractivity contribution >= 4 is 17.6 Å². The number of amides is 2. The molecule has 0 spiro atoms. The highest BCUT2D eigenvalue weighted by Gasteiger charge is 2.09. The summed E-state index contributed by atoms with van der Waals surface area (Å²) in [4.78, 5) is 16.0. The van der Waals surface area contributed by atoms with Gasteiger partial charge >= 0.3 is 6.03 Å². The minimum atomic E-state index is -0.247. The molecule has 0 aliphatic rings. The number of hydrogen-bond acceptors (Lipinski definition) is 3. The summed E-state index contributed by atoms with van der Waals surface area (Å²) in [5.41, 5.74) is 1.85. The molecule has 1 heterocycles. The lowest BCUT2D eigenvalue weighted by Gasteiger charge is -2.15. The molecule has 1 atom stereocenters. The van der Waals surface area contributed by atoms with Crippen molar-refractivity contribution in [3.63, 3.8) is 0 Å². The van der Waals surface area contributed by atoms with E-state index >= 15 is 0 Å². The minimum absolute atomic E-state index is 0.132. The third-order valence-electron chi connectivity index (χ3n) is 3.16. The SMILES string of the molecule is COc1ccc(CNC(=O)NC(C)c2cccc(Cl)c2)cn1. The number of methoxy groups -OCH3 is 1. The average molecular weight is 320 g/mol. The molecule has 0 aliphatic carbocycles. The molecular weight excluding hydrogens is 302 g/mol. The number of nitrogens with one attached hydrogen (secondary N) is 2. The van der Waals surface area contributed by atoms with Gasteiger partial charge < -0.3 is 15.4 Å². The van der Waals surface area contributed by atoms with Crippen LogP contribution < -0.4 is 15.4 Å². The molecule has 2 rings (SSSR count). The molecule has 0 fully saturated rings. The van der Waals surface area contributed by atoms with E-state index in [1.54, 1.807) is 25.4 Å². The lowest BCUT2D eigenvalue weighted by molar-refractivity contribution is 0.237. The lowest BCUT2D eigenvalue weighted by atomic mass is 10.1. The summed E-state index contributed by atoms with van der Waals surface area (Å²) in [7, 11) is 1.56. The summed E-state index contributed by atoms with van der Waals surface area (Å²) >= 11 is 5.95. The van der Waals surface area contributed by atoms with Crippen molar-refractivity contribution in [1.82, 2.24) is 15.6 Å². The Morgan fingerprint density at radius 2 is 2.18 bits per heavy atom. The van der Waals surface area contributed by atoms with E-state index in [2.05, 4.69) is 15.6 Å². The predicted molar refractivity (Wildman–Crippen MR) is 86.0 cm³/mol. The van der Waals surface area contributed by atoms with Crippen LogP contribution in [0.15, 0.2) is 42.6 Å². The molecule has 0 aliphatic heterocycles. The molecule has 2 aromatic rings. The first-order valence-electron chi connectivity index (χ1n) is 6.87. The van der Waals surface area contributed by atoms with Crippen LogP contribution in [0.4, 0.5) is 4.79 Å². The second-order valence-electron chi connectivity index (χ2n) is 4.81. The van der Waals surface area contributed by atoms with Crippen LogP contribution in [-0.2, 0) is 6.54 Å². The molecule has 6 heteroatoms. The van der Waals surface area contributed by atoms with Crippen LogP contribution in [0.1, 0.15) is 24.1 Å². The van der Waals surface area contributed by atoms with Crippen molar-refractivity contribution in [3.05, 3.63) is 58.7 Å². The van der Waals surface area contributed by atoms with Crippen LogP contribution in [0.25, 0.3) is 0 Å². The molecule has 116 valence electrons. The number of rotatable bonds is 5. The van der Waals surface area contributed by atoms with Crippen molar-refractivity contribution in [2.75, 3.05) is 7.11 Å². The molecule has 0 bridgehead atoms. The quantitative estimate of drug-likeness (QED) is 0.888. The first kappa shape index (κ1) is 16.1. The number of urea groups is 1. The zero-order valence-corrected chi connectivity index (χ0v) is 13.2. The molecule has 1 unspecified atom stereocenters. The Bertz CT molecular complexity index is 632. The monoisotopic (exact) mass is 319 g/mol. The predicted octanol–water partition coefficient (Wildman–Crippen LogP) is 3.30. The van der Waals surface area contributed by atoms with Gasteiger partial charge in [0.05, 0.1) is 13.2 Å². The van der Waals surface area contributed by atoms with E-state index in [0.717, 1.165) is 11.1 Å². The van der Waals surface area contributed by atoms with Gasteiger partial charge in [-0.3, -0.25) is 0 Å². The highest BCUT2D eigenvalue weighted by Crippen LogP contribution is 2.17. The van der Waals surface area contributed by atoms with E-state index in [0.29, 0.717) is 17.4 Å². The van der Waals surface area contributed by atoms with Crippen LogP contribution in [0.5, 0.6) is 5.88 Å². The average Bonchev–Trinajstić information content (AvgIpc) is 2.53. The molecule has 22 heavy (non-hydrogen) atoms. The first-order valence-corrected chi connectivity index (χ1v) is 7.25. The normalized spacial score (nSPS) is 11.6. The molecule has 2 amide bonds. The van der Waals surface area contributed by atoms with Crippen LogP contribution in [-0.4, -0.2) is 18.1 Å². The van der Waals surface area contributed by atoms with Crippen LogP contribution in [0.3, 0.4) is 0 Å². The Hall–Kier alpha value is -2.27. The van der Waals surface area contributed by atoms with E-state index < -0.39 is 0 Å². The number of carbonyl (C=O) groups is 1. The van der Waals surface area contributed by atoms with E-state index in [4.69, 9.17) is 16.3 Å². The summed E-state index contributed by atoms with van der Waals surface area (Å²) in [6.07, 6.45) is 1.67. The fourth-order valence-corrected chi connectivity index (χ4v) is 2.12. The van der Waals surface area contributed by atoms with Crippen LogP contribution in [0, 0.1) is 0 Å². The van der Waals surface area contributed by atoms with Gasteiger partial charge in [0.2, 0.25) is 5.88 Å². The number of benzene rings is 1. The summed E-state index contributed by atoms with van der Waals surface area (Å²) < 4.78 is 4.98. The Balaban J connectivity index is 1.84. The van der Waals surface area contributed by atoms with E-state index in [9.17, 15) is 4.79 Å². The summed E-state index contributed by atoms with van der Waals surface area (Å²) in [6, 6.07) is 10.6. The Morgan fingerprint density at radius 3 is 2.82 bits per heavy atom. The maximum Gasteiger partial charge on any atom is 0.315 e. The largest absolute Gasteiger partial charge is 0.481 e. The van der Waals surface area contributed by atoms with Gasteiger partial charge in [0.15, 0.2) is 0 Å². The lowest BCUT2D eigenvalue weighted by Crippen LogP contribution is -2.36. The smallest absolute Gasteiger partial charge is 0.315 e. The molecule has 5 nitrogen and oxygen atoms in total. The van der Waals surface area contributed by atoms with Gasteiger partial charge in [-0.2, -0.15) is 0 Å². The van der Waals surface area contributed by atoms with Crippen molar-refractivity contribution in [1.29, 1.82) is 0 Å². The van der Waals surface area contributed by atoms with E-state index in [-0.39, 0.29) is 12.1 Å². The molecule has 0 radical (unpaired) electrons. The second kappa shape index (κ2) is 7.66. The van der Waals surface area contributed by atoms with Crippen molar-refractivity contribution in [3.8, 4) is 5.88 Å². The summed E-state index contributed by atoms with van der Waals surface area (Å²) in [6.45, 7) is 2.30. The number of aromatic nitrogens is 1. The minimum Gasteiger partial charge on any atom is -0.481 e. The van der Waals surface area contributed by atoms with Crippen LogP contribution >= 0.6 is 11.6 Å². The fourth-order valence-electron chi connectivity index (χ4n) is 1.93. The van der Waals surface area contributed by atoms with Gasteiger partial charge in [-0.15, -0.1) is 0 Å². The highest BCUT2D eigenvalue weighted by atomic mass is 35.5. The molecule has 0 saturated heterocycles. The number of pyridine rings is 1. The van der Waals surface area contributed by atoms with E-state index in [1.807, 2.05) is 31.2 Å². The maximum atomic E-state index is 11.9. The third kappa shape index (κ3) is 4.63. The standard InChI is InChI=1S/C16H18ClN3O2/c1-11(13-4-3-5-14(17)8-13)20-16(21)19-10-12-6-7-15(22-2)18-9-12/h3-9,11H,10H2,1-2H3,(H2,19,20,21). The van der Waals surface area contributed by atoms with Gasteiger partial charge in [-0.05, 0) is 30.2 Å². The maximum absolute atomic E-state index is 11.9. The van der Waals surface area contributed by atoms with E-state index in [1.165, 1.54) is 0 Å². The second-order valence-corrected chi connectivity index (χ2v) is 5.25. The molecular formula is C16H18ClN3O2. The Morgan fingerprint density at radius 1 is 1.36 bits per heavy atom. The molecule has 0 saturated carbocycles. The Labute approximate surface area is 134 Å². The molecule has 2 N–H and O–H groups in total. The summed E-state index contributed by atoms with van der Waals surface area (Å²) in [5.74, 6) is 0.544. The fraction of sp³-hybridized carbons (Fsp3) is 0.250. The highest BCUT2D eigenvalue weighted by molar-refractivity contribution is 6.30. The summed E-state index contributed by atoms with van der Waals surface area (Å²) in [5, 5.41) is 6.30. The van der Waals surface area contributed by atoms with Crippen molar-refractivity contribution in [2.24, 2.45) is 0 Å². The number of halogens is 1. The van der Waals surface area contributed by atoms with Gasteiger partial charge in [-0.1, -0.05) is 29.8 Å². The third-order valence-corrected chi connectivity index (χ3v) is 3.39. The van der Waals surface area contributed by atoms with Gasteiger partial charge in [0, 0.05) is 23.8 Å². The van der Waals surface area contributed by atoms with Gasteiger partial charge in [0.25, 0.3) is 0 Å². The number of hydrogen-bond donors (Lipinski definition) is 2. The van der Waals surface area contributed by atoms with Crippen molar-refractivity contribution in [2.45, 2.75) is 19.5 Å². The number of carbonyl (C=O) groups excluding carboxylic acids is 1. The molecule has 1 aromatic carbocycles. The Kier molecular flexibility index (Phi) is 5.61. The zero-order valence-electron chi connectivity index (χ0n) is 12.5. The van der Waals surface area contributed by atoms with Gasteiger partial charge in [-0.25, -0.2) is 9.78 Å². The first-order chi connectivity index (χ1) is 10.6. The topological polar surface area (TPSA) is 63.2 Å². The molecule has 1 aromatic heterocycles. The number of nitrogens with zero attached hydrogens (tertiary/aromatic N) is 1. The van der Waals surface area contributed by atoms with Crippen LogP contribution in [0.2, 0.25) is 5.02 Å².